The summed E-state index contributed by atoms with van der Waals surface area (Å²) < 4.78 is 31.0. The van der Waals surface area contributed by atoms with E-state index < -0.39 is 12.5 Å². The van der Waals surface area contributed by atoms with Gasteiger partial charge < -0.3 is 14.6 Å². The summed E-state index contributed by atoms with van der Waals surface area (Å²) in [6.07, 6.45) is 1.88. The summed E-state index contributed by atoms with van der Waals surface area (Å²) in [6, 6.07) is 6.25. The molecule has 0 aliphatic heterocycles. The predicted octanol–water partition coefficient (Wildman–Crippen LogP) is 5.20. The Balaban J connectivity index is 1.96. The molecule has 0 atom stereocenters. The summed E-state index contributed by atoms with van der Waals surface area (Å²) in [4.78, 5) is 16.7. The Labute approximate surface area is 170 Å². The van der Waals surface area contributed by atoms with Gasteiger partial charge in [-0.3, -0.25) is 9.18 Å². The fraction of sp³-hybridized carbons (Fsp3) is 0.263. The van der Waals surface area contributed by atoms with Gasteiger partial charge in [-0.05, 0) is 43.2 Å². The van der Waals surface area contributed by atoms with Crippen molar-refractivity contribution in [3.05, 3.63) is 57.3 Å². The lowest BCUT2D eigenvalue weighted by Crippen LogP contribution is -2.18. The third-order valence-corrected chi connectivity index (χ3v) is 5.51. The molecule has 0 aliphatic rings. The third kappa shape index (κ3) is 4.07. The molecular formula is C19H19ClF2N4OS. The highest BCUT2D eigenvalue weighted by atomic mass is 35.5. The molecule has 0 spiro atoms. The Kier molecular flexibility index (Phi) is 6.41. The van der Waals surface area contributed by atoms with Crippen LogP contribution < -0.4 is 15.6 Å². The second-order valence-corrected chi connectivity index (χ2v) is 7.47. The number of hydrogen-bond acceptors (Lipinski definition) is 5. The van der Waals surface area contributed by atoms with Gasteiger partial charge in [-0.25, -0.2) is 9.37 Å². The Morgan fingerprint density at radius 1 is 1.25 bits per heavy atom. The summed E-state index contributed by atoms with van der Waals surface area (Å²) in [7, 11) is 1.63. The average Bonchev–Trinajstić information content (AvgIpc) is 2.68. The van der Waals surface area contributed by atoms with Gasteiger partial charge in [0.25, 0.3) is 5.56 Å². The molecule has 0 fully saturated rings. The average molecular weight is 425 g/mol. The van der Waals surface area contributed by atoms with Crippen LogP contribution in [0.25, 0.3) is 10.9 Å². The Morgan fingerprint density at radius 3 is 2.75 bits per heavy atom. The van der Waals surface area contributed by atoms with Gasteiger partial charge in [-0.2, -0.15) is 0 Å². The molecule has 2 N–H and O–H groups in total. The van der Waals surface area contributed by atoms with Crippen LogP contribution in [0.1, 0.15) is 12.0 Å². The highest BCUT2D eigenvalue weighted by molar-refractivity contribution is 8.00. The summed E-state index contributed by atoms with van der Waals surface area (Å²) in [5, 5.41) is 3.63. The van der Waals surface area contributed by atoms with Crippen LogP contribution in [-0.2, 0) is 7.05 Å². The summed E-state index contributed by atoms with van der Waals surface area (Å²) in [5.41, 5.74) is 2.21. The lowest BCUT2D eigenvalue weighted by molar-refractivity contribution is 0.489. The van der Waals surface area contributed by atoms with Crippen LogP contribution >= 0.6 is 23.5 Å². The molecule has 0 saturated carbocycles. The molecule has 0 aliphatic carbocycles. The number of nitrogens with one attached hydrogen (secondary N) is 2. The number of aryl methyl sites for hydroxylation is 2. The van der Waals surface area contributed by atoms with Crippen LogP contribution in [-0.4, -0.2) is 22.0 Å². The van der Waals surface area contributed by atoms with E-state index in [1.54, 1.807) is 26.1 Å². The fourth-order valence-electron chi connectivity index (χ4n) is 2.72. The van der Waals surface area contributed by atoms with Gasteiger partial charge in [0.1, 0.15) is 5.82 Å². The van der Waals surface area contributed by atoms with E-state index in [9.17, 15) is 13.6 Å². The molecule has 0 saturated heterocycles. The maximum Gasteiger partial charge on any atom is 0.261 e. The molecule has 0 bridgehead atoms. The number of hydrogen-bond donors (Lipinski definition) is 2. The Morgan fingerprint density at radius 2 is 2.00 bits per heavy atom. The van der Waals surface area contributed by atoms with Gasteiger partial charge >= 0.3 is 0 Å². The van der Waals surface area contributed by atoms with Crippen LogP contribution in [0.5, 0.6) is 0 Å². The number of anilines is 3. The number of fused-ring (bicyclic) bond motifs is 1. The lowest BCUT2D eigenvalue weighted by atomic mass is 10.1. The molecule has 28 heavy (non-hydrogen) atoms. The van der Waals surface area contributed by atoms with E-state index in [4.69, 9.17) is 11.6 Å². The van der Waals surface area contributed by atoms with Crippen molar-refractivity contribution < 1.29 is 8.78 Å². The van der Waals surface area contributed by atoms with Crippen molar-refractivity contribution in [3.8, 4) is 0 Å². The van der Waals surface area contributed by atoms with Crippen molar-refractivity contribution in [1.29, 1.82) is 0 Å². The topological polar surface area (TPSA) is 59.0 Å². The van der Waals surface area contributed by atoms with Crippen LogP contribution in [0.4, 0.5) is 25.8 Å². The molecule has 3 aromatic rings. The SMILES string of the molecule is Cc1c(Nc2c(F)ccc(NSCCCF)c2Cl)ccc2ncn(C)c(=O)c12. The van der Waals surface area contributed by atoms with E-state index in [1.165, 1.54) is 35.0 Å². The second-order valence-electron chi connectivity index (χ2n) is 6.19. The standard InChI is InChI=1S/C19H19ClF2N4OS/c1-11-13(6-7-14-16(11)19(27)26(2)10-23-14)24-18-12(22)4-5-15(17(18)20)25-28-9-3-8-21/h4-7,10,24-25H,3,8-9H2,1-2H3. The van der Waals surface area contributed by atoms with Crippen molar-refractivity contribution in [3.63, 3.8) is 0 Å². The highest BCUT2D eigenvalue weighted by Crippen LogP contribution is 2.37. The number of nitrogens with zero attached hydrogens (tertiary/aromatic N) is 2. The van der Waals surface area contributed by atoms with Crippen molar-refractivity contribution in [2.45, 2.75) is 13.3 Å². The summed E-state index contributed by atoms with van der Waals surface area (Å²) >= 11 is 7.67. The van der Waals surface area contributed by atoms with Crippen molar-refractivity contribution in [1.82, 2.24) is 9.55 Å². The van der Waals surface area contributed by atoms with E-state index in [-0.39, 0.29) is 16.3 Å². The van der Waals surface area contributed by atoms with Crippen molar-refractivity contribution in [2.75, 3.05) is 22.5 Å². The van der Waals surface area contributed by atoms with Crippen LogP contribution in [0.15, 0.2) is 35.4 Å². The maximum atomic E-state index is 14.4. The van der Waals surface area contributed by atoms with Gasteiger partial charge in [-0.15, -0.1) is 0 Å². The number of rotatable bonds is 7. The lowest BCUT2D eigenvalue weighted by Gasteiger charge is -2.16. The van der Waals surface area contributed by atoms with E-state index in [1.807, 2.05) is 0 Å². The van der Waals surface area contributed by atoms with E-state index in [0.29, 0.717) is 40.0 Å². The van der Waals surface area contributed by atoms with E-state index in [2.05, 4.69) is 15.0 Å². The molecule has 5 nitrogen and oxygen atoms in total. The number of halogens is 3. The second kappa shape index (κ2) is 8.79. The van der Waals surface area contributed by atoms with Gasteiger partial charge in [0.05, 0.1) is 40.3 Å². The molecule has 2 aromatic carbocycles. The zero-order valence-corrected chi connectivity index (χ0v) is 16.9. The molecule has 0 unspecified atom stereocenters. The number of alkyl halides is 1. The van der Waals surface area contributed by atoms with Crippen LogP contribution in [0.2, 0.25) is 5.02 Å². The molecular weight excluding hydrogens is 406 g/mol. The minimum absolute atomic E-state index is 0.0981. The largest absolute Gasteiger partial charge is 0.352 e. The first-order valence-corrected chi connectivity index (χ1v) is 9.94. The molecule has 0 radical (unpaired) electrons. The van der Waals surface area contributed by atoms with Gasteiger partial charge in [0, 0.05) is 18.5 Å². The molecule has 1 heterocycles. The van der Waals surface area contributed by atoms with Gasteiger partial charge in [-0.1, -0.05) is 23.5 Å². The Bertz CT molecular complexity index is 1070. The molecule has 9 heteroatoms. The molecule has 1 aromatic heterocycles. The van der Waals surface area contributed by atoms with E-state index >= 15 is 0 Å². The normalized spacial score (nSPS) is 11.0. The molecule has 0 amide bonds. The van der Waals surface area contributed by atoms with Crippen molar-refractivity contribution in [2.24, 2.45) is 7.05 Å². The van der Waals surface area contributed by atoms with Gasteiger partial charge in [0.15, 0.2) is 0 Å². The van der Waals surface area contributed by atoms with Gasteiger partial charge in [0.2, 0.25) is 0 Å². The quantitative estimate of drug-likeness (QED) is 0.403. The van der Waals surface area contributed by atoms with E-state index in [0.717, 1.165) is 0 Å². The van der Waals surface area contributed by atoms with Crippen LogP contribution in [0, 0.1) is 12.7 Å². The zero-order valence-electron chi connectivity index (χ0n) is 15.4. The monoisotopic (exact) mass is 424 g/mol. The fourth-order valence-corrected chi connectivity index (χ4v) is 3.71. The number of benzene rings is 2. The molecule has 3 rings (SSSR count). The Hall–Kier alpha value is -2.32. The number of aromatic nitrogens is 2. The zero-order chi connectivity index (χ0) is 20.3. The maximum absolute atomic E-state index is 14.4. The van der Waals surface area contributed by atoms with Crippen LogP contribution in [0.3, 0.4) is 0 Å². The first-order valence-electron chi connectivity index (χ1n) is 8.57. The molecule has 148 valence electrons. The highest BCUT2D eigenvalue weighted by Gasteiger charge is 2.15. The minimum Gasteiger partial charge on any atom is -0.352 e. The third-order valence-electron chi connectivity index (χ3n) is 4.26. The first-order chi connectivity index (χ1) is 13.4. The smallest absolute Gasteiger partial charge is 0.261 e. The minimum atomic E-state index is -0.525. The summed E-state index contributed by atoms with van der Waals surface area (Å²) in [6.45, 7) is 1.38. The first kappa shape index (κ1) is 20.4. The predicted molar refractivity (Wildman–Crippen MR) is 113 cm³/mol. The summed E-state index contributed by atoms with van der Waals surface area (Å²) in [5.74, 6) is 0.0374. The van der Waals surface area contributed by atoms with Crippen molar-refractivity contribution >= 4 is 51.5 Å².